The molecule has 4 atom stereocenters. The maximum atomic E-state index is 11.2. The molecule has 0 spiro atoms. The first-order valence-electron chi connectivity index (χ1n) is 11.5. The van der Waals surface area contributed by atoms with E-state index in [1.54, 1.807) is 7.11 Å². The van der Waals surface area contributed by atoms with E-state index in [1.165, 1.54) is 0 Å². The quantitative estimate of drug-likeness (QED) is 0.478. The summed E-state index contributed by atoms with van der Waals surface area (Å²) in [5.41, 5.74) is 3.20. The third kappa shape index (κ3) is 6.65. The zero-order chi connectivity index (χ0) is 22.9. The second-order valence-corrected chi connectivity index (χ2v) is 8.36. The van der Waals surface area contributed by atoms with Crippen LogP contribution in [-0.4, -0.2) is 36.6 Å². The minimum absolute atomic E-state index is 0.213. The molecule has 3 aromatic carbocycles. The Balaban J connectivity index is 1.41. The molecule has 1 aliphatic rings. The number of aliphatic hydroxyl groups excluding tert-OH is 1. The Morgan fingerprint density at radius 3 is 1.70 bits per heavy atom. The SMILES string of the molecule is COc1ccc(COC2[C@H](O)C(OCc3ccccc3)CC[C@H]2OCc2ccccc2)cc1. The third-order valence-corrected chi connectivity index (χ3v) is 6.03. The smallest absolute Gasteiger partial charge is 0.118 e. The van der Waals surface area contributed by atoms with Crippen LogP contribution in [0.4, 0.5) is 0 Å². The average molecular weight is 449 g/mol. The average Bonchev–Trinajstić information content (AvgIpc) is 2.88. The van der Waals surface area contributed by atoms with Crippen LogP contribution in [0.1, 0.15) is 29.5 Å². The monoisotopic (exact) mass is 448 g/mol. The van der Waals surface area contributed by atoms with Crippen molar-refractivity contribution < 1.29 is 24.1 Å². The molecule has 2 unspecified atom stereocenters. The maximum absolute atomic E-state index is 11.2. The van der Waals surface area contributed by atoms with Gasteiger partial charge in [0, 0.05) is 0 Å². The second kappa shape index (κ2) is 12.0. The van der Waals surface area contributed by atoms with Gasteiger partial charge in [-0.15, -0.1) is 0 Å². The molecule has 0 aromatic heterocycles. The van der Waals surface area contributed by atoms with Crippen LogP contribution in [0.3, 0.4) is 0 Å². The van der Waals surface area contributed by atoms with Gasteiger partial charge in [0.05, 0.1) is 39.1 Å². The van der Waals surface area contributed by atoms with Crippen molar-refractivity contribution in [2.75, 3.05) is 7.11 Å². The van der Waals surface area contributed by atoms with Gasteiger partial charge in [0.2, 0.25) is 0 Å². The minimum atomic E-state index is -0.776. The zero-order valence-electron chi connectivity index (χ0n) is 19.0. The highest BCUT2D eigenvalue weighted by Gasteiger charge is 2.40. The van der Waals surface area contributed by atoms with Crippen molar-refractivity contribution in [1.29, 1.82) is 0 Å². The molecule has 0 heterocycles. The van der Waals surface area contributed by atoms with E-state index < -0.39 is 12.2 Å². The topological polar surface area (TPSA) is 57.2 Å². The molecule has 1 saturated carbocycles. The first-order chi connectivity index (χ1) is 16.2. The van der Waals surface area contributed by atoms with Crippen LogP contribution < -0.4 is 4.74 Å². The van der Waals surface area contributed by atoms with Crippen LogP contribution in [0.5, 0.6) is 5.75 Å². The number of methoxy groups -OCH3 is 1. The van der Waals surface area contributed by atoms with Gasteiger partial charge in [0.25, 0.3) is 0 Å². The molecule has 174 valence electrons. The molecule has 0 bridgehead atoms. The first kappa shape index (κ1) is 23.5. The summed E-state index contributed by atoms with van der Waals surface area (Å²) in [6.07, 6.45) is -0.295. The van der Waals surface area contributed by atoms with Crippen molar-refractivity contribution in [3.8, 4) is 5.75 Å². The van der Waals surface area contributed by atoms with Gasteiger partial charge in [-0.2, -0.15) is 0 Å². The summed E-state index contributed by atoms with van der Waals surface area (Å²) in [6.45, 7) is 1.32. The number of rotatable bonds is 10. The van der Waals surface area contributed by atoms with E-state index in [2.05, 4.69) is 0 Å². The lowest BCUT2D eigenvalue weighted by Gasteiger charge is -2.40. The molecular weight excluding hydrogens is 416 g/mol. The van der Waals surface area contributed by atoms with E-state index >= 15 is 0 Å². The fraction of sp³-hybridized carbons (Fsp3) is 0.357. The zero-order valence-corrected chi connectivity index (χ0v) is 19.0. The summed E-state index contributed by atoms with van der Waals surface area (Å²) in [7, 11) is 1.65. The van der Waals surface area contributed by atoms with Crippen molar-refractivity contribution in [2.24, 2.45) is 0 Å². The number of aliphatic hydroxyl groups is 1. The predicted molar refractivity (Wildman–Crippen MR) is 127 cm³/mol. The number of hydrogen-bond donors (Lipinski definition) is 1. The molecule has 5 nitrogen and oxygen atoms in total. The number of ether oxygens (including phenoxy) is 4. The lowest BCUT2D eigenvalue weighted by molar-refractivity contribution is -0.194. The molecule has 0 saturated heterocycles. The van der Waals surface area contributed by atoms with Gasteiger partial charge in [-0.05, 0) is 41.7 Å². The maximum Gasteiger partial charge on any atom is 0.118 e. The molecule has 5 heteroatoms. The van der Waals surface area contributed by atoms with E-state index in [1.807, 2.05) is 84.9 Å². The fourth-order valence-electron chi connectivity index (χ4n) is 4.13. The van der Waals surface area contributed by atoms with E-state index in [9.17, 15) is 5.11 Å². The van der Waals surface area contributed by atoms with Crippen LogP contribution in [0.15, 0.2) is 84.9 Å². The molecule has 1 aliphatic carbocycles. The van der Waals surface area contributed by atoms with Crippen LogP contribution in [0.25, 0.3) is 0 Å². The van der Waals surface area contributed by atoms with E-state index in [0.29, 0.717) is 19.8 Å². The van der Waals surface area contributed by atoms with Gasteiger partial charge in [-0.1, -0.05) is 72.8 Å². The lowest BCUT2D eigenvalue weighted by atomic mass is 9.89. The van der Waals surface area contributed by atoms with E-state index in [0.717, 1.165) is 35.3 Å². The van der Waals surface area contributed by atoms with E-state index in [4.69, 9.17) is 18.9 Å². The minimum Gasteiger partial charge on any atom is -0.497 e. The molecule has 1 fully saturated rings. The van der Waals surface area contributed by atoms with E-state index in [-0.39, 0.29) is 12.2 Å². The van der Waals surface area contributed by atoms with Crippen molar-refractivity contribution in [3.05, 3.63) is 102 Å². The Morgan fingerprint density at radius 2 is 1.12 bits per heavy atom. The van der Waals surface area contributed by atoms with Crippen LogP contribution in [-0.2, 0) is 34.0 Å². The molecule has 4 rings (SSSR count). The molecule has 0 aliphatic heterocycles. The van der Waals surface area contributed by atoms with Crippen LogP contribution >= 0.6 is 0 Å². The van der Waals surface area contributed by atoms with Gasteiger partial charge >= 0.3 is 0 Å². The Hall–Kier alpha value is -2.70. The Morgan fingerprint density at radius 1 is 0.636 bits per heavy atom. The predicted octanol–water partition coefficient (Wildman–Crippen LogP) is 4.91. The van der Waals surface area contributed by atoms with Crippen LogP contribution in [0, 0.1) is 0 Å². The van der Waals surface area contributed by atoms with Gasteiger partial charge in [-0.25, -0.2) is 0 Å². The highest BCUT2D eigenvalue weighted by molar-refractivity contribution is 5.26. The molecule has 33 heavy (non-hydrogen) atoms. The summed E-state index contributed by atoms with van der Waals surface area (Å²) >= 11 is 0. The largest absolute Gasteiger partial charge is 0.497 e. The first-order valence-corrected chi connectivity index (χ1v) is 11.5. The summed E-state index contributed by atoms with van der Waals surface area (Å²) in [5.74, 6) is 0.801. The summed E-state index contributed by atoms with van der Waals surface area (Å²) in [5, 5.41) is 11.2. The summed E-state index contributed by atoms with van der Waals surface area (Å²) in [6, 6.07) is 27.8. The fourth-order valence-corrected chi connectivity index (χ4v) is 4.13. The Bertz CT molecular complexity index is 945. The molecule has 1 N–H and O–H groups in total. The molecule has 3 aromatic rings. The highest BCUT2D eigenvalue weighted by Crippen LogP contribution is 2.29. The van der Waals surface area contributed by atoms with Crippen molar-refractivity contribution in [1.82, 2.24) is 0 Å². The van der Waals surface area contributed by atoms with Crippen LogP contribution in [0.2, 0.25) is 0 Å². The molecular formula is C28H32O5. The van der Waals surface area contributed by atoms with Crippen molar-refractivity contribution >= 4 is 0 Å². The normalized spacial score (nSPS) is 22.7. The molecule has 0 amide bonds. The number of benzene rings is 3. The van der Waals surface area contributed by atoms with Gasteiger partial charge in [0.15, 0.2) is 0 Å². The second-order valence-electron chi connectivity index (χ2n) is 8.36. The molecule has 0 radical (unpaired) electrons. The van der Waals surface area contributed by atoms with Gasteiger partial charge in [0.1, 0.15) is 18.0 Å². The van der Waals surface area contributed by atoms with Gasteiger partial charge < -0.3 is 24.1 Å². The third-order valence-electron chi connectivity index (χ3n) is 6.03. The number of hydrogen-bond acceptors (Lipinski definition) is 5. The standard InChI is InChI=1S/C28H32O5/c1-30-24-14-12-23(13-15-24)20-33-28-26(32-19-22-10-6-3-7-11-22)17-16-25(27(28)29)31-18-21-8-4-2-5-9-21/h2-15,25-29H,16-20H2,1H3/t25?,26-,27-,28?/m1/s1. The van der Waals surface area contributed by atoms with Crippen molar-refractivity contribution in [3.63, 3.8) is 0 Å². The summed E-state index contributed by atoms with van der Waals surface area (Å²) < 4.78 is 23.8. The van der Waals surface area contributed by atoms with Crippen molar-refractivity contribution in [2.45, 2.75) is 57.1 Å². The van der Waals surface area contributed by atoms with Gasteiger partial charge in [-0.3, -0.25) is 0 Å². The summed E-state index contributed by atoms with van der Waals surface area (Å²) in [4.78, 5) is 0. The Kier molecular flexibility index (Phi) is 8.50. The lowest BCUT2D eigenvalue weighted by Crippen LogP contribution is -2.52. The Labute approximate surface area is 195 Å². The highest BCUT2D eigenvalue weighted by atomic mass is 16.6.